The van der Waals surface area contributed by atoms with Crippen LogP contribution in [0.25, 0.3) is 0 Å². The van der Waals surface area contributed by atoms with E-state index in [0.717, 1.165) is 25.5 Å². The van der Waals surface area contributed by atoms with Crippen LogP contribution in [-0.4, -0.2) is 43.2 Å². The molecule has 2 aromatic heterocycles. The Labute approximate surface area is 164 Å². The van der Waals surface area contributed by atoms with E-state index >= 15 is 0 Å². The molecular formula is C20H28FN5S. The highest BCUT2D eigenvalue weighted by Crippen LogP contribution is 2.27. The average Bonchev–Trinajstić information content (AvgIpc) is 3.33. The molecule has 5 nitrogen and oxygen atoms in total. The summed E-state index contributed by atoms with van der Waals surface area (Å²) in [7, 11) is 0. The van der Waals surface area contributed by atoms with E-state index in [1.165, 1.54) is 10.9 Å². The van der Waals surface area contributed by atoms with E-state index in [0.29, 0.717) is 18.9 Å². The van der Waals surface area contributed by atoms with Crippen LogP contribution in [0.3, 0.4) is 0 Å². The molecule has 0 aromatic carbocycles. The Morgan fingerprint density at radius 1 is 1.41 bits per heavy atom. The largest absolute Gasteiger partial charge is 0.357 e. The number of halogens is 1. The predicted octanol–water partition coefficient (Wildman–Crippen LogP) is 3.39. The molecule has 146 valence electrons. The molecule has 0 spiro atoms. The fraction of sp³-hybridized carbons (Fsp3) is 0.500. The molecule has 1 unspecified atom stereocenters. The van der Waals surface area contributed by atoms with Gasteiger partial charge in [0.05, 0.1) is 6.54 Å². The Balaban J connectivity index is 1.62. The van der Waals surface area contributed by atoms with Gasteiger partial charge < -0.3 is 15.5 Å². The van der Waals surface area contributed by atoms with E-state index in [2.05, 4.69) is 53.9 Å². The SMILES string of the molecule is CCNC(=NCC(C)(C)c1cccs1)NC1CCN(c2ncccc2F)C1. The third-order valence-corrected chi connectivity index (χ3v) is 5.97. The topological polar surface area (TPSA) is 52.6 Å². The molecule has 0 saturated carbocycles. The van der Waals surface area contributed by atoms with Crippen LogP contribution in [0.4, 0.5) is 10.2 Å². The number of rotatable bonds is 6. The van der Waals surface area contributed by atoms with Gasteiger partial charge in [-0.05, 0) is 36.9 Å². The van der Waals surface area contributed by atoms with Crippen molar-refractivity contribution in [3.8, 4) is 0 Å². The smallest absolute Gasteiger partial charge is 0.191 e. The highest BCUT2D eigenvalue weighted by atomic mass is 32.1. The zero-order chi connectivity index (χ0) is 19.3. The zero-order valence-corrected chi connectivity index (χ0v) is 17.0. The van der Waals surface area contributed by atoms with Crippen molar-refractivity contribution < 1.29 is 4.39 Å². The standard InChI is InChI=1S/C20H28FN5S/c1-4-22-19(24-14-20(2,3)17-8-6-12-27-17)25-15-9-11-26(13-15)18-16(21)7-5-10-23-18/h5-8,10,12,15H,4,9,11,13-14H2,1-3H3,(H2,22,24,25). The summed E-state index contributed by atoms with van der Waals surface area (Å²) in [6.45, 7) is 9.50. The molecule has 1 aliphatic rings. The van der Waals surface area contributed by atoms with Crippen molar-refractivity contribution in [1.82, 2.24) is 15.6 Å². The maximum absolute atomic E-state index is 14.0. The summed E-state index contributed by atoms with van der Waals surface area (Å²) in [5, 5.41) is 8.94. The first kappa shape index (κ1) is 19.6. The van der Waals surface area contributed by atoms with Gasteiger partial charge in [-0.15, -0.1) is 11.3 Å². The molecule has 0 radical (unpaired) electrons. The first-order valence-corrected chi connectivity index (χ1v) is 10.3. The Morgan fingerprint density at radius 2 is 2.26 bits per heavy atom. The zero-order valence-electron chi connectivity index (χ0n) is 16.2. The van der Waals surface area contributed by atoms with Crippen molar-refractivity contribution in [3.63, 3.8) is 0 Å². The van der Waals surface area contributed by atoms with Crippen molar-refractivity contribution in [2.45, 2.75) is 38.6 Å². The molecule has 27 heavy (non-hydrogen) atoms. The minimum absolute atomic E-state index is 0.00465. The van der Waals surface area contributed by atoms with Gasteiger partial charge in [-0.3, -0.25) is 4.99 Å². The van der Waals surface area contributed by atoms with E-state index in [1.807, 2.05) is 4.90 Å². The molecular weight excluding hydrogens is 361 g/mol. The summed E-state index contributed by atoms with van der Waals surface area (Å²) in [5.41, 5.74) is -0.00465. The second-order valence-corrected chi connectivity index (χ2v) is 8.39. The van der Waals surface area contributed by atoms with Crippen LogP contribution in [0.2, 0.25) is 0 Å². The molecule has 7 heteroatoms. The number of guanidine groups is 1. The van der Waals surface area contributed by atoms with Gasteiger partial charge in [0.25, 0.3) is 0 Å². The van der Waals surface area contributed by atoms with E-state index in [1.54, 1.807) is 23.6 Å². The van der Waals surface area contributed by atoms with Crippen LogP contribution in [0, 0.1) is 5.82 Å². The molecule has 3 rings (SSSR count). The summed E-state index contributed by atoms with van der Waals surface area (Å²) in [6, 6.07) is 7.54. The van der Waals surface area contributed by atoms with Crippen molar-refractivity contribution in [2.75, 3.05) is 31.1 Å². The fourth-order valence-electron chi connectivity index (χ4n) is 3.21. The lowest BCUT2D eigenvalue weighted by molar-refractivity contribution is 0.545. The number of nitrogens with zero attached hydrogens (tertiary/aromatic N) is 3. The average molecular weight is 390 g/mol. The maximum Gasteiger partial charge on any atom is 0.191 e. The van der Waals surface area contributed by atoms with Crippen LogP contribution < -0.4 is 15.5 Å². The van der Waals surface area contributed by atoms with E-state index in [4.69, 9.17) is 4.99 Å². The van der Waals surface area contributed by atoms with Gasteiger partial charge in [0, 0.05) is 42.2 Å². The quantitative estimate of drug-likeness (QED) is 0.587. The molecule has 3 heterocycles. The van der Waals surface area contributed by atoms with Gasteiger partial charge >= 0.3 is 0 Å². The molecule has 0 bridgehead atoms. The minimum Gasteiger partial charge on any atom is -0.357 e. The van der Waals surface area contributed by atoms with Gasteiger partial charge in [-0.1, -0.05) is 19.9 Å². The third-order valence-electron chi connectivity index (χ3n) is 4.73. The normalized spacial score (nSPS) is 18.0. The molecule has 1 aliphatic heterocycles. The van der Waals surface area contributed by atoms with Crippen LogP contribution in [-0.2, 0) is 5.41 Å². The number of pyridine rings is 1. The van der Waals surface area contributed by atoms with Crippen molar-refractivity contribution in [2.24, 2.45) is 4.99 Å². The second kappa shape index (κ2) is 8.69. The maximum atomic E-state index is 14.0. The van der Waals surface area contributed by atoms with Gasteiger partial charge in [-0.25, -0.2) is 9.37 Å². The monoisotopic (exact) mass is 389 g/mol. The van der Waals surface area contributed by atoms with E-state index < -0.39 is 0 Å². The number of hydrogen-bond acceptors (Lipinski definition) is 4. The lowest BCUT2D eigenvalue weighted by Gasteiger charge is -2.23. The number of aromatic nitrogens is 1. The lowest BCUT2D eigenvalue weighted by Crippen LogP contribution is -2.45. The summed E-state index contributed by atoms with van der Waals surface area (Å²) >= 11 is 1.77. The van der Waals surface area contributed by atoms with Crippen molar-refractivity contribution in [3.05, 3.63) is 46.5 Å². The van der Waals surface area contributed by atoms with E-state index in [9.17, 15) is 4.39 Å². The molecule has 2 N–H and O–H groups in total. The lowest BCUT2D eigenvalue weighted by atomic mass is 9.92. The summed E-state index contributed by atoms with van der Waals surface area (Å²) in [5.74, 6) is 0.981. The first-order chi connectivity index (χ1) is 13.0. The van der Waals surface area contributed by atoms with Gasteiger partial charge in [0.2, 0.25) is 0 Å². The Kier molecular flexibility index (Phi) is 6.31. The second-order valence-electron chi connectivity index (χ2n) is 7.44. The van der Waals surface area contributed by atoms with Crippen molar-refractivity contribution in [1.29, 1.82) is 0 Å². The molecule has 1 saturated heterocycles. The first-order valence-electron chi connectivity index (χ1n) is 9.44. The number of thiophene rings is 1. The van der Waals surface area contributed by atoms with Crippen molar-refractivity contribution >= 4 is 23.1 Å². The van der Waals surface area contributed by atoms with Crippen LogP contribution >= 0.6 is 11.3 Å². The third kappa shape index (κ3) is 4.97. The number of anilines is 1. The van der Waals surface area contributed by atoms with Crippen LogP contribution in [0.1, 0.15) is 32.1 Å². The van der Waals surface area contributed by atoms with Gasteiger partial charge in [0.1, 0.15) is 0 Å². The number of aliphatic imine (C=N–C) groups is 1. The summed E-state index contributed by atoms with van der Waals surface area (Å²) < 4.78 is 14.0. The highest BCUT2D eigenvalue weighted by Gasteiger charge is 2.26. The molecule has 0 aliphatic carbocycles. The molecule has 0 amide bonds. The Bertz CT molecular complexity index is 759. The number of hydrogen-bond donors (Lipinski definition) is 2. The predicted molar refractivity (Wildman–Crippen MR) is 111 cm³/mol. The summed E-state index contributed by atoms with van der Waals surface area (Å²) in [6.07, 6.45) is 2.56. The Hall–Kier alpha value is -2.15. The van der Waals surface area contributed by atoms with E-state index in [-0.39, 0.29) is 17.3 Å². The number of nitrogens with one attached hydrogen (secondary N) is 2. The highest BCUT2D eigenvalue weighted by molar-refractivity contribution is 7.10. The van der Waals surface area contributed by atoms with Crippen LogP contribution in [0.5, 0.6) is 0 Å². The van der Waals surface area contributed by atoms with Crippen LogP contribution in [0.15, 0.2) is 40.8 Å². The molecule has 1 atom stereocenters. The molecule has 2 aromatic rings. The summed E-state index contributed by atoms with van der Waals surface area (Å²) in [4.78, 5) is 12.3. The van der Waals surface area contributed by atoms with Gasteiger partial charge in [-0.2, -0.15) is 0 Å². The molecule has 1 fully saturated rings. The van der Waals surface area contributed by atoms with Gasteiger partial charge in [0.15, 0.2) is 17.6 Å². The Morgan fingerprint density at radius 3 is 2.96 bits per heavy atom. The fourth-order valence-corrected chi connectivity index (χ4v) is 4.06. The minimum atomic E-state index is -0.267.